The van der Waals surface area contributed by atoms with Crippen molar-refractivity contribution in [2.75, 3.05) is 19.5 Å². The van der Waals surface area contributed by atoms with Gasteiger partial charge in [-0.25, -0.2) is 0 Å². The van der Waals surface area contributed by atoms with Crippen molar-refractivity contribution in [1.82, 2.24) is 10.6 Å². The summed E-state index contributed by atoms with van der Waals surface area (Å²) in [7, 11) is 3.00. The summed E-state index contributed by atoms with van der Waals surface area (Å²) in [5.74, 6) is 0.0635. The van der Waals surface area contributed by atoms with E-state index in [1.54, 1.807) is 7.11 Å². The molecule has 1 unspecified atom stereocenters. The molecule has 0 radical (unpaired) electrons. The number of methoxy groups -OCH3 is 2. The Bertz CT molecular complexity index is 890. The molecule has 0 aliphatic carbocycles. The standard InChI is InChI=1S/C20H21N3O4/c1-12(24)21-20(27-3)18-19(25)22-16-7-5-4-6-15(16)17(23-18)13-8-10-14(26-2)11-9-13/h4-11,17,23H,1-3H3,(H,21,24)(H,22,25)/b20-18+. The minimum atomic E-state index is -0.399. The van der Waals surface area contributed by atoms with Crippen LogP contribution in [0.15, 0.2) is 60.1 Å². The second-order valence-corrected chi connectivity index (χ2v) is 5.98. The van der Waals surface area contributed by atoms with E-state index >= 15 is 0 Å². The van der Waals surface area contributed by atoms with Gasteiger partial charge in [0.25, 0.3) is 5.91 Å². The third kappa shape index (κ3) is 3.87. The molecule has 140 valence electrons. The zero-order valence-electron chi connectivity index (χ0n) is 15.3. The van der Waals surface area contributed by atoms with Crippen molar-refractivity contribution in [1.29, 1.82) is 0 Å². The van der Waals surface area contributed by atoms with E-state index in [1.165, 1.54) is 14.0 Å². The van der Waals surface area contributed by atoms with Crippen LogP contribution in [0.5, 0.6) is 5.75 Å². The van der Waals surface area contributed by atoms with E-state index in [-0.39, 0.29) is 23.5 Å². The lowest BCUT2D eigenvalue weighted by atomic mass is 9.97. The lowest BCUT2D eigenvalue weighted by Crippen LogP contribution is -2.33. The van der Waals surface area contributed by atoms with E-state index in [0.717, 1.165) is 16.9 Å². The quantitative estimate of drug-likeness (QED) is 0.570. The van der Waals surface area contributed by atoms with Gasteiger partial charge in [0.2, 0.25) is 11.8 Å². The molecule has 1 aliphatic rings. The Morgan fingerprint density at radius 1 is 1.07 bits per heavy atom. The van der Waals surface area contributed by atoms with E-state index in [4.69, 9.17) is 9.47 Å². The Morgan fingerprint density at radius 3 is 2.41 bits per heavy atom. The second-order valence-electron chi connectivity index (χ2n) is 5.98. The summed E-state index contributed by atoms with van der Waals surface area (Å²) in [5, 5.41) is 8.64. The predicted molar refractivity (Wildman–Crippen MR) is 101 cm³/mol. The van der Waals surface area contributed by atoms with E-state index in [2.05, 4.69) is 16.0 Å². The topological polar surface area (TPSA) is 88.7 Å². The normalized spacial score (nSPS) is 17.6. The molecule has 2 aromatic carbocycles. The largest absolute Gasteiger partial charge is 0.497 e. The Balaban J connectivity index is 2.11. The molecule has 0 fully saturated rings. The molecule has 7 heteroatoms. The van der Waals surface area contributed by atoms with Gasteiger partial charge in [-0.1, -0.05) is 30.3 Å². The van der Waals surface area contributed by atoms with Crippen LogP contribution in [-0.4, -0.2) is 26.0 Å². The molecule has 2 amide bonds. The van der Waals surface area contributed by atoms with Crippen LogP contribution in [0, 0.1) is 0 Å². The zero-order valence-corrected chi connectivity index (χ0v) is 15.3. The third-order valence-corrected chi connectivity index (χ3v) is 4.21. The highest BCUT2D eigenvalue weighted by Gasteiger charge is 2.29. The number of nitrogens with one attached hydrogen (secondary N) is 3. The Morgan fingerprint density at radius 2 is 1.78 bits per heavy atom. The van der Waals surface area contributed by atoms with Crippen LogP contribution in [0.1, 0.15) is 24.1 Å². The molecular weight excluding hydrogens is 346 g/mol. The number of hydrogen-bond donors (Lipinski definition) is 3. The van der Waals surface area contributed by atoms with Gasteiger partial charge in [0, 0.05) is 18.2 Å². The SMILES string of the molecule is CO/C(NC(C)=O)=C1/NC(c2ccc(OC)cc2)c2ccccc2NC1=O. The molecule has 3 rings (SSSR count). The lowest BCUT2D eigenvalue weighted by molar-refractivity contribution is -0.119. The number of anilines is 1. The van der Waals surface area contributed by atoms with Crippen LogP contribution in [0.2, 0.25) is 0 Å². The molecule has 7 nitrogen and oxygen atoms in total. The highest BCUT2D eigenvalue weighted by atomic mass is 16.5. The van der Waals surface area contributed by atoms with Gasteiger partial charge in [-0.05, 0) is 23.8 Å². The molecule has 2 aromatic rings. The minimum absolute atomic E-state index is 0.0614. The summed E-state index contributed by atoms with van der Waals surface area (Å²) in [6.45, 7) is 1.35. The first kappa shape index (κ1) is 18.3. The fraction of sp³-hybridized carbons (Fsp3) is 0.200. The van der Waals surface area contributed by atoms with Gasteiger partial charge in [-0.15, -0.1) is 0 Å². The molecule has 3 N–H and O–H groups in total. The smallest absolute Gasteiger partial charge is 0.277 e. The van der Waals surface area contributed by atoms with Crippen LogP contribution in [-0.2, 0) is 14.3 Å². The molecule has 1 heterocycles. The average Bonchev–Trinajstić information content (AvgIpc) is 2.82. The summed E-state index contributed by atoms with van der Waals surface area (Å²) >= 11 is 0. The van der Waals surface area contributed by atoms with Gasteiger partial charge < -0.3 is 20.1 Å². The van der Waals surface area contributed by atoms with Crippen LogP contribution >= 0.6 is 0 Å². The highest BCUT2D eigenvalue weighted by Crippen LogP contribution is 2.33. The van der Waals surface area contributed by atoms with Gasteiger partial charge in [-0.2, -0.15) is 0 Å². The maximum absolute atomic E-state index is 12.8. The van der Waals surface area contributed by atoms with E-state index in [9.17, 15) is 9.59 Å². The van der Waals surface area contributed by atoms with Crippen molar-refractivity contribution in [2.45, 2.75) is 13.0 Å². The van der Waals surface area contributed by atoms with Crippen molar-refractivity contribution in [3.8, 4) is 5.75 Å². The number of carbonyl (C=O) groups excluding carboxylic acids is 2. The molecule has 1 atom stereocenters. The number of fused-ring (bicyclic) bond motifs is 1. The van der Waals surface area contributed by atoms with Gasteiger partial charge >= 0.3 is 0 Å². The number of hydrogen-bond acceptors (Lipinski definition) is 5. The van der Waals surface area contributed by atoms with Crippen LogP contribution in [0.3, 0.4) is 0 Å². The molecule has 27 heavy (non-hydrogen) atoms. The first-order valence-electron chi connectivity index (χ1n) is 8.40. The van der Waals surface area contributed by atoms with Gasteiger partial charge in [0.1, 0.15) is 5.75 Å². The van der Waals surface area contributed by atoms with E-state index < -0.39 is 5.91 Å². The zero-order chi connectivity index (χ0) is 19.4. The molecular formula is C20H21N3O4. The molecule has 0 aromatic heterocycles. The number of rotatable bonds is 4. The fourth-order valence-electron chi connectivity index (χ4n) is 2.94. The molecule has 0 saturated carbocycles. The number of amides is 2. The summed E-state index contributed by atoms with van der Waals surface area (Å²) in [6.07, 6.45) is 0. The van der Waals surface area contributed by atoms with Crippen molar-refractivity contribution >= 4 is 17.5 Å². The van der Waals surface area contributed by atoms with Crippen LogP contribution < -0.4 is 20.7 Å². The maximum atomic E-state index is 12.8. The monoisotopic (exact) mass is 367 g/mol. The van der Waals surface area contributed by atoms with Crippen molar-refractivity contribution in [3.05, 3.63) is 71.2 Å². The number of benzene rings is 2. The van der Waals surface area contributed by atoms with Gasteiger partial charge in [0.15, 0.2) is 5.70 Å². The first-order chi connectivity index (χ1) is 13.0. The Hall–Kier alpha value is -3.48. The van der Waals surface area contributed by atoms with Crippen molar-refractivity contribution in [3.63, 3.8) is 0 Å². The molecule has 0 saturated heterocycles. The summed E-state index contributed by atoms with van der Waals surface area (Å²) in [5.41, 5.74) is 2.65. The summed E-state index contributed by atoms with van der Waals surface area (Å²) in [4.78, 5) is 24.2. The Labute approximate surface area is 157 Å². The fourth-order valence-corrected chi connectivity index (χ4v) is 2.94. The maximum Gasteiger partial charge on any atom is 0.277 e. The average molecular weight is 367 g/mol. The predicted octanol–water partition coefficient (Wildman–Crippen LogP) is 2.28. The molecule has 0 spiro atoms. The van der Waals surface area contributed by atoms with Crippen LogP contribution in [0.25, 0.3) is 0 Å². The number of carbonyl (C=O) groups is 2. The van der Waals surface area contributed by atoms with Crippen molar-refractivity contribution in [2.24, 2.45) is 0 Å². The van der Waals surface area contributed by atoms with E-state index in [1.807, 2.05) is 48.5 Å². The summed E-state index contributed by atoms with van der Waals surface area (Å²) < 4.78 is 10.5. The molecule has 0 bridgehead atoms. The Kier molecular flexibility index (Phi) is 5.30. The highest BCUT2D eigenvalue weighted by molar-refractivity contribution is 6.05. The summed E-state index contributed by atoms with van der Waals surface area (Å²) in [6, 6.07) is 14.7. The molecule has 1 aliphatic heterocycles. The number of para-hydroxylation sites is 1. The first-order valence-corrected chi connectivity index (χ1v) is 8.40. The van der Waals surface area contributed by atoms with Gasteiger partial charge in [-0.3, -0.25) is 14.9 Å². The third-order valence-electron chi connectivity index (χ3n) is 4.21. The van der Waals surface area contributed by atoms with Crippen molar-refractivity contribution < 1.29 is 19.1 Å². The second kappa shape index (κ2) is 7.82. The van der Waals surface area contributed by atoms with Crippen LogP contribution in [0.4, 0.5) is 5.69 Å². The van der Waals surface area contributed by atoms with Gasteiger partial charge in [0.05, 0.1) is 20.3 Å². The lowest BCUT2D eigenvalue weighted by Gasteiger charge is -2.21. The minimum Gasteiger partial charge on any atom is -0.497 e. The number of ether oxygens (including phenoxy) is 2. The van der Waals surface area contributed by atoms with E-state index in [0.29, 0.717) is 5.69 Å².